The largest absolute Gasteiger partial charge is 0.497 e. The van der Waals surface area contributed by atoms with E-state index in [9.17, 15) is 9.59 Å². The number of methoxy groups -OCH3 is 1. The van der Waals surface area contributed by atoms with Gasteiger partial charge in [-0.3, -0.25) is 9.59 Å². The van der Waals surface area contributed by atoms with Crippen molar-refractivity contribution in [1.29, 1.82) is 0 Å². The molecule has 8 nitrogen and oxygen atoms in total. The van der Waals surface area contributed by atoms with Gasteiger partial charge in [-0.1, -0.05) is 29.8 Å². The third-order valence-corrected chi connectivity index (χ3v) is 6.29. The number of rotatable bonds is 6. The molecule has 1 saturated heterocycles. The van der Waals surface area contributed by atoms with E-state index in [1.807, 2.05) is 55.5 Å². The molecule has 0 aliphatic carbocycles. The molecule has 2 heterocycles. The summed E-state index contributed by atoms with van der Waals surface area (Å²) >= 11 is 0. The second kappa shape index (κ2) is 10.2. The summed E-state index contributed by atoms with van der Waals surface area (Å²) < 4.78 is 12.4. The van der Waals surface area contributed by atoms with Gasteiger partial charge in [0.05, 0.1) is 36.9 Å². The van der Waals surface area contributed by atoms with Crippen LogP contribution in [0.2, 0.25) is 0 Å². The number of nitrogens with zero attached hydrogens (tertiary/aromatic N) is 3. The van der Waals surface area contributed by atoms with E-state index in [1.165, 1.54) is 0 Å². The highest BCUT2D eigenvalue weighted by atomic mass is 16.5. The Balaban J connectivity index is 1.51. The molecule has 1 aliphatic rings. The summed E-state index contributed by atoms with van der Waals surface area (Å²) in [5, 5.41) is 3.39. The maximum atomic E-state index is 13.7. The van der Waals surface area contributed by atoms with Gasteiger partial charge in [0.25, 0.3) is 11.5 Å². The van der Waals surface area contributed by atoms with Crippen molar-refractivity contribution in [3.63, 3.8) is 0 Å². The summed E-state index contributed by atoms with van der Waals surface area (Å²) in [6.45, 7) is 4.75. The molecule has 3 aromatic carbocycles. The molecule has 1 fully saturated rings. The van der Waals surface area contributed by atoms with Gasteiger partial charge in [0, 0.05) is 25.2 Å². The van der Waals surface area contributed by atoms with Crippen LogP contribution < -0.4 is 20.5 Å². The Morgan fingerprint density at radius 2 is 1.83 bits per heavy atom. The number of nitrogens with one attached hydrogen (secondary N) is 1. The Kier molecular flexibility index (Phi) is 6.69. The average molecular weight is 485 g/mol. The number of fused-ring (bicyclic) bond motifs is 1. The highest BCUT2D eigenvalue weighted by molar-refractivity contribution is 5.97. The fourth-order valence-corrected chi connectivity index (χ4v) is 4.28. The number of aryl methyl sites for hydroxylation is 1. The predicted octanol–water partition coefficient (Wildman–Crippen LogP) is 3.47. The van der Waals surface area contributed by atoms with E-state index < -0.39 is 0 Å². The van der Waals surface area contributed by atoms with Crippen LogP contribution in [0.4, 0.5) is 5.95 Å². The van der Waals surface area contributed by atoms with Gasteiger partial charge >= 0.3 is 0 Å². The lowest BCUT2D eigenvalue weighted by Crippen LogP contribution is -2.40. The first-order chi connectivity index (χ1) is 17.5. The summed E-state index contributed by atoms with van der Waals surface area (Å²) in [5.74, 6) is 1.04. The van der Waals surface area contributed by atoms with Gasteiger partial charge in [0.15, 0.2) is 0 Å². The predicted molar refractivity (Wildman–Crippen MR) is 139 cm³/mol. The Morgan fingerprint density at radius 3 is 2.58 bits per heavy atom. The van der Waals surface area contributed by atoms with E-state index in [2.05, 4.69) is 10.2 Å². The molecule has 8 heteroatoms. The zero-order valence-electron chi connectivity index (χ0n) is 20.4. The fourth-order valence-electron chi connectivity index (χ4n) is 4.28. The zero-order chi connectivity index (χ0) is 25.1. The lowest BCUT2D eigenvalue weighted by molar-refractivity contribution is 0.0951. The summed E-state index contributed by atoms with van der Waals surface area (Å²) in [7, 11) is 1.61. The summed E-state index contributed by atoms with van der Waals surface area (Å²) in [6, 6.07) is 20.4. The summed E-state index contributed by atoms with van der Waals surface area (Å²) in [6.07, 6.45) is 0. The molecule has 1 N–H and O–H groups in total. The molecule has 5 rings (SSSR count). The Morgan fingerprint density at radius 1 is 1.06 bits per heavy atom. The molecular weight excluding hydrogens is 456 g/mol. The molecule has 0 atom stereocenters. The first kappa shape index (κ1) is 23.6. The van der Waals surface area contributed by atoms with Crippen LogP contribution in [-0.4, -0.2) is 48.9 Å². The Labute approximate surface area is 209 Å². The zero-order valence-corrected chi connectivity index (χ0v) is 20.4. The molecule has 0 unspecified atom stereocenters. The monoisotopic (exact) mass is 484 g/mol. The molecule has 1 aromatic heterocycles. The van der Waals surface area contributed by atoms with Crippen molar-refractivity contribution < 1.29 is 14.3 Å². The third kappa shape index (κ3) is 4.81. The number of hydrogen-bond donors (Lipinski definition) is 1. The highest BCUT2D eigenvalue weighted by Crippen LogP contribution is 2.22. The van der Waals surface area contributed by atoms with E-state index in [1.54, 1.807) is 29.9 Å². The quantitative estimate of drug-likeness (QED) is 0.451. The van der Waals surface area contributed by atoms with Crippen LogP contribution in [0.15, 0.2) is 71.5 Å². The molecule has 4 aromatic rings. The molecule has 0 bridgehead atoms. The van der Waals surface area contributed by atoms with E-state index in [0.717, 1.165) is 22.6 Å². The number of hydrogen-bond acceptors (Lipinski definition) is 6. The smallest absolute Gasteiger partial charge is 0.267 e. The average Bonchev–Trinajstić information content (AvgIpc) is 2.92. The van der Waals surface area contributed by atoms with Crippen molar-refractivity contribution in [2.24, 2.45) is 0 Å². The van der Waals surface area contributed by atoms with Gasteiger partial charge in [-0.15, -0.1) is 0 Å². The number of amides is 1. The minimum absolute atomic E-state index is 0.173. The van der Waals surface area contributed by atoms with E-state index >= 15 is 0 Å². The molecule has 184 valence electrons. The van der Waals surface area contributed by atoms with Crippen molar-refractivity contribution >= 4 is 22.8 Å². The minimum Gasteiger partial charge on any atom is -0.497 e. The van der Waals surface area contributed by atoms with Gasteiger partial charge in [-0.05, 0) is 55.0 Å². The van der Waals surface area contributed by atoms with Crippen LogP contribution in [0.3, 0.4) is 0 Å². The minimum atomic E-state index is -0.239. The number of benzene rings is 3. The van der Waals surface area contributed by atoms with E-state index in [4.69, 9.17) is 14.5 Å². The molecule has 0 radical (unpaired) electrons. The normalized spacial score (nSPS) is 13.6. The molecular formula is C28H28N4O4. The van der Waals surface area contributed by atoms with Crippen LogP contribution >= 0.6 is 0 Å². The first-order valence-electron chi connectivity index (χ1n) is 11.9. The van der Waals surface area contributed by atoms with Crippen molar-refractivity contribution in [1.82, 2.24) is 14.9 Å². The maximum Gasteiger partial charge on any atom is 0.267 e. The molecule has 1 aliphatic heterocycles. The number of anilines is 1. The van der Waals surface area contributed by atoms with Gasteiger partial charge in [-0.25, -0.2) is 9.55 Å². The molecule has 1 amide bonds. The van der Waals surface area contributed by atoms with Gasteiger partial charge < -0.3 is 19.7 Å². The second-order valence-electron chi connectivity index (χ2n) is 8.75. The number of aromatic nitrogens is 2. The van der Waals surface area contributed by atoms with Crippen LogP contribution in [-0.2, 0) is 11.3 Å². The van der Waals surface area contributed by atoms with Crippen molar-refractivity contribution in [3.8, 4) is 11.4 Å². The van der Waals surface area contributed by atoms with E-state index in [0.29, 0.717) is 55.3 Å². The van der Waals surface area contributed by atoms with Crippen LogP contribution in [0.5, 0.6) is 5.75 Å². The molecule has 36 heavy (non-hydrogen) atoms. The van der Waals surface area contributed by atoms with Gasteiger partial charge in [0.1, 0.15) is 5.75 Å². The number of morpholine rings is 1. The standard InChI is InChI=1S/C28H28N4O4/c1-19-6-9-22(10-7-19)32-27(34)24-11-8-21(17-25(24)30-28(32)31-12-14-36-15-13-31)26(33)29-18-20-4-3-5-23(16-20)35-2/h3-11,16-17H,12-15,18H2,1-2H3,(H,29,33). The summed E-state index contributed by atoms with van der Waals surface area (Å²) in [5.41, 5.74) is 3.54. The van der Waals surface area contributed by atoms with Crippen molar-refractivity contribution in [2.45, 2.75) is 13.5 Å². The van der Waals surface area contributed by atoms with Gasteiger partial charge in [-0.2, -0.15) is 0 Å². The number of carbonyl (C=O) groups is 1. The highest BCUT2D eigenvalue weighted by Gasteiger charge is 2.21. The maximum absolute atomic E-state index is 13.7. The lowest BCUT2D eigenvalue weighted by atomic mass is 10.1. The third-order valence-electron chi connectivity index (χ3n) is 6.29. The Hall–Kier alpha value is -4.17. The van der Waals surface area contributed by atoms with Crippen LogP contribution in [0.25, 0.3) is 16.6 Å². The fraction of sp³-hybridized carbons (Fsp3) is 0.250. The summed E-state index contributed by atoms with van der Waals surface area (Å²) in [4.78, 5) is 33.5. The first-order valence-corrected chi connectivity index (χ1v) is 11.9. The van der Waals surface area contributed by atoms with Crippen LogP contribution in [0, 0.1) is 6.92 Å². The number of ether oxygens (including phenoxy) is 2. The molecule has 0 saturated carbocycles. The topological polar surface area (TPSA) is 85.7 Å². The second-order valence-corrected chi connectivity index (χ2v) is 8.75. The van der Waals surface area contributed by atoms with Crippen LogP contribution in [0.1, 0.15) is 21.5 Å². The Bertz CT molecular complexity index is 1460. The van der Waals surface area contributed by atoms with E-state index in [-0.39, 0.29) is 11.5 Å². The number of carbonyl (C=O) groups excluding carboxylic acids is 1. The van der Waals surface area contributed by atoms with Gasteiger partial charge in [0.2, 0.25) is 5.95 Å². The molecule has 0 spiro atoms. The van der Waals surface area contributed by atoms with Crippen molar-refractivity contribution in [3.05, 3.63) is 93.8 Å². The lowest BCUT2D eigenvalue weighted by Gasteiger charge is -2.30. The van der Waals surface area contributed by atoms with Crippen molar-refractivity contribution in [2.75, 3.05) is 38.3 Å². The SMILES string of the molecule is COc1cccc(CNC(=O)c2ccc3c(=O)n(-c4ccc(C)cc4)c(N4CCOCC4)nc3c2)c1.